The zero-order valence-corrected chi connectivity index (χ0v) is 16.2. The normalized spacial score (nSPS) is 12.6. The van der Waals surface area contributed by atoms with Crippen molar-refractivity contribution < 1.29 is 19.2 Å². The summed E-state index contributed by atoms with van der Waals surface area (Å²) in [4.78, 5) is 13.6. The summed E-state index contributed by atoms with van der Waals surface area (Å²) in [6, 6.07) is 14.6. The Morgan fingerprint density at radius 1 is 1.15 bits per heavy atom. The number of hydrogen-bond donors (Lipinski definition) is 2. The van der Waals surface area contributed by atoms with Crippen molar-refractivity contribution in [2.45, 2.75) is 19.4 Å². The second kappa shape index (κ2) is 9.60. The molecule has 0 heterocycles. The fraction of sp³-hybridized carbons (Fsp3) is 0.333. The summed E-state index contributed by atoms with van der Waals surface area (Å²) in [7, 11) is 5.24. The van der Waals surface area contributed by atoms with Gasteiger partial charge in [-0.1, -0.05) is 6.07 Å². The van der Waals surface area contributed by atoms with E-state index in [1.807, 2.05) is 32.2 Å². The van der Waals surface area contributed by atoms with E-state index in [2.05, 4.69) is 11.4 Å². The van der Waals surface area contributed by atoms with Gasteiger partial charge in [-0.3, -0.25) is 4.79 Å². The smallest absolute Gasteiger partial charge is 0.282 e. The molecule has 0 spiro atoms. The van der Waals surface area contributed by atoms with Crippen LogP contribution in [-0.4, -0.2) is 39.8 Å². The highest BCUT2D eigenvalue weighted by Gasteiger charge is 2.21. The standard InChI is InChI=1S/C21H25N3O3/c1-15(21(25)23-18-8-5-17(14-22)6-9-18)24(2)12-11-16-7-10-19(26-3)20(13-16)27-4/h5-10,13,15H,11-12H2,1-4H3,(H,23,25)/p+1/t15-/m0/s1. The number of nitrogens with zero attached hydrogens (tertiary/aromatic N) is 1. The summed E-state index contributed by atoms with van der Waals surface area (Å²) in [6.07, 6.45) is 0.820. The third-order valence-corrected chi connectivity index (χ3v) is 4.67. The second-order valence-corrected chi connectivity index (χ2v) is 6.44. The first-order chi connectivity index (χ1) is 13.0. The number of likely N-dealkylation sites (N-methyl/N-ethyl adjacent to an activating group) is 1. The van der Waals surface area contributed by atoms with Crippen LogP contribution in [0.4, 0.5) is 5.69 Å². The molecule has 0 aliphatic carbocycles. The largest absolute Gasteiger partial charge is 0.493 e. The molecule has 0 aliphatic rings. The third kappa shape index (κ3) is 5.47. The van der Waals surface area contributed by atoms with Crippen molar-refractivity contribution in [1.82, 2.24) is 0 Å². The number of rotatable bonds is 8. The first-order valence-electron chi connectivity index (χ1n) is 8.82. The zero-order valence-electron chi connectivity index (χ0n) is 16.2. The summed E-state index contributed by atoms with van der Waals surface area (Å²) in [6.45, 7) is 2.71. The first kappa shape index (κ1) is 20.3. The highest BCUT2D eigenvalue weighted by Crippen LogP contribution is 2.27. The van der Waals surface area contributed by atoms with Crippen molar-refractivity contribution in [2.24, 2.45) is 0 Å². The predicted molar refractivity (Wildman–Crippen MR) is 104 cm³/mol. The maximum atomic E-state index is 12.5. The summed E-state index contributed by atoms with van der Waals surface area (Å²) in [5, 5.41) is 11.7. The van der Waals surface area contributed by atoms with Crippen molar-refractivity contribution in [2.75, 3.05) is 33.1 Å². The van der Waals surface area contributed by atoms with E-state index < -0.39 is 0 Å². The molecule has 0 radical (unpaired) electrons. The number of quaternary nitrogens is 1. The Bertz CT molecular complexity index is 812. The van der Waals surface area contributed by atoms with E-state index in [1.165, 1.54) is 0 Å². The minimum absolute atomic E-state index is 0.0514. The first-order valence-corrected chi connectivity index (χ1v) is 8.82. The summed E-state index contributed by atoms with van der Waals surface area (Å²) in [5.41, 5.74) is 2.39. The van der Waals surface area contributed by atoms with Crippen LogP contribution in [-0.2, 0) is 11.2 Å². The van der Waals surface area contributed by atoms with Gasteiger partial charge in [0.25, 0.3) is 5.91 Å². The van der Waals surface area contributed by atoms with Gasteiger partial charge in [0, 0.05) is 12.1 Å². The molecule has 2 N–H and O–H groups in total. The Balaban J connectivity index is 1.91. The molecule has 0 fully saturated rings. The lowest BCUT2D eigenvalue weighted by Gasteiger charge is -2.21. The molecular weight excluding hydrogens is 342 g/mol. The summed E-state index contributed by atoms with van der Waals surface area (Å²) in [5.74, 6) is 1.36. The van der Waals surface area contributed by atoms with Gasteiger partial charge in [-0.25, -0.2) is 0 Å². The van der Waals surface area contributed by atoms with Gasteiger partial charge < -0.3 is 19.7 Å². The maximum Gasteiger partial charge on any atom is 0.282 e. The molecule has 0 saturated heterocycles. The van der Waals surface area contributed by atoms with Crippen molar-refractivity contribution in [3.8, 4) is 17.6 Å². The van der Waals surface area contributed by atoms with Gasteiger partial charge in [0.1, 0.15) is 0 Å². The van der Waals surface area contributed by atoms with Crippen LogP contribution in [0.3, 0.4) is 0 Å². The van der Waals surface area contributed by atoms with Gasteiger partial charge in [-0.15, -0.1) is 0 Å². The zero-order chi connectivity index (χ0) is 19.8. The molecule has 2 atom stereocenters. The minimum atomic E-state index is -0.208. The van der Waals surface area contributed by atoms with Crippen molar-refractivity contribution >= 4 is 11.6 Å². The minimum Gasteiger partial charge on any atom is -0.493 e. The number of anilines is 1. The number of amides is 1. The monoisotopic (exact) mass is 368 g/mol. The highest BCUT2D eigenvalue weighted by atomic mass is 16.5. The van der Waals surface area contributed by atoms with Crippen molar-refractivity contribution in [3.63, 3.8) is 0 Å². The molecule has 1 amide bonds. The number of methoxy groups -OCH3 is 2. The van der Waals surface area contributed by atoms with Gasteiger partial charge in [-0.05, 0) is 48.9 Å². The predicted octanol–water partition coefficient (Wildman–Crippen LogP) is 1.66. The lowest BCUT2D eigenvalue weighted by atomic mass is 10.1. The van der Waals surface area contributed by atoms with E-state index in [9.17, 15) is 4.79 Å². The number of nitrogens with one attached hydrogen (secondary N) is 2. The van der Waals surface area contributed by atoms with Gasteiger partial charge in [0.2, 0.25) is 0 Å². The van der Waals surface area contributed by atoms with Crippen LogP contribution in [0, 0.1) is 11.3 Å². The van der Waals surface area contributed by atoms with E-state index in [1.54, 1.807) is 38.5 Å². The summed E-state index contributed by atoms with van der Waals surface area (Å²) >= 11 is 0. The Morgan fingerprint density at radius 2 is 1.81 bits per heavy atom. The SMILES string of the molecule is COc1ccc(CC[NH+](C)[C@@H](C)C(=O)Nc2ccc(C#N)cc2)cc1OC. The molecule has 0 bridgehead atoms. The fourth-order valence-corrected chi connectivity index (χ4v) is 2.70. The number of benzene rings is 2. The van der Waals surface area contributed by atoms with Gasteiger partial charge in [0.05, 0.1) is 39.4 Å². The molecule has 6 nitrogen and oxygen atoms in total. The van der Waals surface area contributed by atoms with Crippen molar-refractivity contribution in [1.29, 1.82) is 5.26 Å². The van der Waals surface area contributed by atoms with Crippen LogP contribution in [0.15, 0.2) is 42.5 Å². The Kier molecular flexibility index (Phi) is 7.21. The molecule has 2 rings (SSSR count). The van der Waals surface area contributed by atoms with Gasteiger partial charge in [0.15, 0.2) is 17.5 Å². The molecule has 2 aromatic rings. The Morgan fingerprint density at radius 3 is 2.41 bits per heavy atom. The molecule has 27 heavy (non-hydrogen) atoms. The number of carbonyl (C=O) groups is 1. The topological polar surface area (TPSA) is 75.8 Å². The van der Waals surface area contributed by atoms with Gasteiger partial charge >= 0.3 is 0 Å². The Labute approximate surface area is 160 Å². The lowest BCUT2D eigenvalue weighted by Crippen LogP contribution is -3.14. The molecule has 1 unspecified atom stereocenters. The highest BCUT2D eigenvalue weighted by molar-refractivity contribution is 5.93. The van der Waals surface area contributed by atoms with Crippen molar-refractivity contribution in [3.05, 3.63) is 53.6 Å². The van der Waals surface area contributed by atoms with E-state index in [0.29, 0.717) is 22.7 Å². The quantitative estimate of drug-likeness (QED) is 0.743. The average Bonchev–Trinajstić information content (AvgIpc) is 2.71. The summed E-state index contributed by atoms with van der Waals surface area (Å²) < 4.78 is 10.6. The third-order valence-electron chi connectivity index (χ3n) is 4.67. The second-order valence-electron chi connectivity index (χ2n) is 6.44. The molecule has 2 aromatic carbocycles. The van der Waals surface area contributed by atoms with Gasteiger partial charge in [-0.2, -0.15) is 5.26 Å². The molecular formula is C21H26N3O3+. The van der Waals surface area contributed by atoms with E-state index in [4.69, 9.17) is 14.7 Å². The Hall–Kier alpha value is -3.04. The van der Waals surface area contributed by atoms with Crippen LogP contribution in [0.1, 0.15) is 18.1 Å². The van der Waals surface area contributed by atoms with E-state index >= 15 is 0 Å². The van der Waals surface area contributed by atoms with Crippen LogP contribution >= 0.6 is 0 Å². The van der Waals surface area contributed by atoms with Crippen LogP contribution in [0.25, 0.3) is 0 Å². The van der Waals surface area contributed by atoms with E-state index in [-0.39, 0.29) is 11.9 Å². The number of carbonyl (C=O) groups excluding carboxylic acids is 1. The van der Waals surface area contributed by atoms with Crippen LogP contribution in [0.2, 0.25) is 0 Å². The molecule has 0 aliphatic heterocycles. The average molecular weight is 368 g/mol. The molecule has 0 saturated carbocycles. The number of hydrogen-bond acceptors (Lipinski definition) is 4. The van der Waals surface area contributed by atoms with Crippen LogP contribution < -0.4 is 19.7 Å². The van der Waals surface area contributed by atoms with Crippen LogP contribution in [0.5, 0.6) is 11.5 Å². The number of ether oxygens (including phenoxy) is 2. The molecule has 142 valence electrons. The molecule has 0 aromatic heterocycles. The fourth-order valence-electron chi connectivity index (χ4n) is 2.70. The molecule has 6 heteroatoms. The lowest BCUT2D eigenvalue weighted by molar-refractivity contribution is -0.893. The number of nitriles is 1. The van der Waals surface area contributed by atoms with E-state index in [0.717, 1.165) is 23.4 Å². The maximum absolute atomic E-state index is 12.5.